The smallest absolute Gasteiger partial charge is 0.238 e. The van der Waals surface area contributed by atoms with Crippen molar-refractivity contribution in [1.29, 1.82) is 0 Å². The number of carbonyl (C=O) groups excluding carboxylic acids is 1. The zero-order valence-corrected chi connectivity index (χ0v) is 11.6. The highest BCUT2D eigenvalue weighted by Gasteiger charge is 2.17. The molecule has 1 aromatic rings. The van der Waals surface area contributed by atoms with Crippen molar-refractivity contribution in [1.82, 2.24) is 5.32 Å². The van der Waals surface area contributed by atoms with Gasteiger partial charge in [-0.15, -0.1) is 12.4 Å². The number of benzene rings is 1. The van der Waals surface area contributed by atoms with Gasteiger partial charge in [-0.25, -0.2) is 0 Å². The number of likely N-dealkylation sites (N-methyl/N-ethyl adjacent to an activating group) is 2. The van der Waals surface area contributed by atoms with Crippen LogP contribution in [0.3, 0.4) is 0 Å². The molecule has 0 aliphatic carbocycles. The van der Waals surface area contributed by atoms with Crippen LogP contribution < -0.4 is 15.5 Å². The Labute approximate surface area is 114 Å². The van der Waals surface area contributed by atoms with E-state index in [2.05, 4.69) is 34.6 Å². The van der Waals surface area contributed by atoms with Crippen molar-refractivity contribution in [3.05, 3.63) is 23.8 Å². The van der Waals surface area contributed by atoms with Crippen molar-refractivity contribution in [2.24, 2.45) is 0 Å². The van der Waals surface area contributed by atoms with E-state index in [-0.39, 0.29) is 18.3 Å². The van der Waals surface area contributed by atoms with Gasteiger partial charge >= 0.3 is 0 Å². The topological polar surface area (TPSA) is 44.4 Å². The zero-order valence-electron chi connectivity index (χ0n) is 10.8. The molecule has 0 radical (unpaired) electrons. The SMILES string of the molecule is CCN1CCc2ccc(NC(=O)CNC)cc21.Cl. The number of nitrogens with one attached hydrogen (secondary N) is 2. The largest absolute Gasteiger partial charge is 0.371 e. The van der Waals surface area contributed by atoms with E-state index in [0.29, 0.717) is 6.54 Å². The number of carbonyl (C=O) groups is 1. The van der Waals surface area contributed by atoms with Crippen LogP contribution in [0.5, 0.6) is 0 Å². The molecule has 0 spiro atoms. The third-order valence-electron chi connectivity index (χ3n) is 3.08. The van der Waals surface area contributed by atoms with Crippen LogP contribution in [0, 0.1) is 0 Å². The van der Waals surface area contributed by atoms with E-state index < -0.39 is 0 Å². The second-order valence-electron chi connectivity index (χ2n) is 4.25. The lowest BCUT2D eigenvalue weighted by Crippen LogP contribution is -2.25. The monoisotopic (exact) mass is 269 g/mol. The quantitative estimate of drug-likeness (QED) is 0.874. The third kappa shape index (κ3) is 3.15. The first kappa shape index (κ1) is 14.8. The molecule has 1 amide bonds. The molecule has 0 aromatic heterocycles. The van der Waals surface area contributed by atoms with Crippen molar-refractivity contribution in [2.75, 3.05) is 36.9 Å². The Bertz CT molecular complexity index is 423. The first-order chi connectivity index (χ1) is 8.24. The molecule has 0 bridgehead atoms. The number of hydrogen-bond donors (Lipinski definition) is 2. The van der Waals surface area contributed by atoms with E-state index >= 15 is 0 Å². The van der Waals surface area contributed by atoms with Gasteiger partial charge in [-0.3, -0.25) is 4.79 Å². The summed E-state index contributed by atoms with van der Waals surface area (Å²) in [4.78, 5) is 13.8. The fourth-order valence-corrected chi connectivity index (χ4v) is 2.22. The van der Waals surface area contributed by atoms with Crippen LogP contribution in [0.15, 0.2) is 18.2 Å². The van der Waals surface area contributed by atoms with E-state index in [1.165, 1.54) is 11.3 Å². The Kier molecular flexibility index (Phi) is 5.44. The van der Waals surface area contributed by atoms with Crippen molar-refractivity contribution < 1.29 is 4.79 Å². The van der Waals surface area contributed by atoms with E-state index in [1.807, 2.05) is 6.07 Å². The molecule has 1 heterocycles. The standard InChI is InChI=1S/C13H19N3O.ClH/c1-3-16-7-6-10-4-5-11(8-12(10)16)15-13(17)9-14-2;/h4-5,8,14H,3,6-7,9H2,1-2H3,(H,15,17);1H. The molecule has 4 nitrogen and oxygen atoms in total. The fourth-order valence-electron chi connectivity index (χ4n) is 2.22. The summed E-state index contributed by atoms with van der Waals surface area (Å²) in [6.07, 6.45) is 1.11. The summed E-state index contributed by atoms with van der Waals surface area (Å²) in [5.74, 6) is -0.00602. The van der Waals surface area contributed by atoms with E-state index in [1.54, 1.807) is 7.05 Å². The van der Waals surface area contributed by atoms with Crippen molar-refractivity contribution in [3.63, 3.8) is 0 Å². The van der Waals surface area contributed by atoms with Gasteiger partial charge in [0.05, 0.1) is 6.54 Å². The van der Waals surface area contributed by atoms with Crippen LogP contribution in [0.4, 0.5) is 11.4 Å². The van der Waals surface area contributed by atoms with Crippen LogP contribution in [-0.4, -0.2) is 32.6 Å². The molecule has 100 valence electrons. The second kappa shape index (κ2) is 6.61. The minimum Gasteiger partial charge on any atom is -0.371 e. The summed E-state index contributed by atoms with van der Waals surface area (Å²) in [5.41, 5.74) is 3.51. The average molecular weight is 270 g/mol. The number of hydrogen-bond acceptors (Lipinski definition) is 3. The average Bonchev–Trinajstić information content (AvgIpc) is 2.71. The number of fused-ring (bicyclic) bond motifs is 1. The predicted octanol–water partition coefficient (Wildman–Crippen LogP) is 1.65. The maximum absolute atomic E-state index is 11.5. The van der Waals surface area contributed by atoms with Gasteiger partial charge in [0, 0.05) is 24.5 Å². The van der Waals surface area contributed by atoms with Gasteiger partial charge in [0.1, 0.15) is 0 Å². The molecule has 1 aliphatic rings. The van der Waals surface area contributed by atoms with Crippen molar-refractivity contribution >= 4 is 29.7 Å². The minimum atomic E-state index is -0.00602. The molecule has 1 aliphatic heterocycles. The molecule has 0 fully saturated rings. The molecule has 0 saturated carbocycles. The molecule has 0 saturated heterocycles. The summed E-state index contributed by atoms with van der Waals surface area (Å²) in [5, 5.41) is 5.73. The maximum Gasteiger partial charge on any atom is 0.238 e. The Morgan fingerprint density at radius 1 is 1.44 bits per heavy atom. The Morgan fingerprint density at radius 2 is 2.22 bits per heavy atom. The number of anilines is 2. The van der Waals surface area contributed by atoms with Gasteiger partial charge in [-0.05, 0) is 38.1 Å². The predicted molar refractivity (Wildman–Crippen MR) is 77.8 cm³/mol. The van der Waals surface area contributed by atoms with Crippen LogP contribution >= 0.6 is 12.4 Å². The highest BCUT2D eigenvalue weighted by Crippen LogP contribution is 2.30. The number of rotatable bonds is 4. The van der Waals surface area contributed by atoms with E-state index in [9.17, 15) is 4.79 Å². The van der Waals surface area contributed by atoms with E-state index in [0.717, 1.165) is 25.2 Å². The van der Waals surface area contributed by atoms with Crippen LogP contribution in [0.25, 0.3) is 0 Å². The summed E-state index contributed by atoms with van der Waals surface area (Å²) >= 11 is 0. The highest BCUT2D eigenvalue weighted by molar-refractivity contribution is 5.93. The number of nitrogens with zero attached hydrogens (tertiary/aromatic N) is 1. The van der Waals surface area contributed by atoms with Crippen molar-refractivity contribution in [3.8, 4) is 0 Å². The summed E-state index contributed by atoms with van der Waals surface area (Å²) in [6, 6.07) is 6.16. The molecule has 1 aromatic carbocycles. The van der Waals surface area contributed by atoms with Crippen molar-refractivity contribution in [2.45, 2.75) is 13.3 Å². The minimum absolute atomic E-state index is 0. The Morgan fingerprint density at radius 3 is 2.89 bits per heavy atom. The van der Waals surface area contributed by atoms with Crippen LogP contribution in [-0.2, 0) is 11.2 Å². The lowest BCUT2D eigenvalue weighted by atomic mass is 10.1. The Balaban J connectivity index is 0.00000162. The highest BCUT2D eigenvalue weighted by atomic mass is 35.5. The van der Waals surface area contributed by atoms with E-state index in [4.69, 9.17) is 0 Å². The van der Waals surface area contributed by atoms with Gasteiger partial charge in [-0.1, -0.05) is 6.07 Å². The number of amides is 1. The van der Waals surface area contributed by atoms with Gasteiger partial charge < -0.3 is 15.5 Å². The maximum atomic E-state index is 11.5. The summed E-state index contributed by atoms with van der Waals surface area (Å²) in [6.45, 7) is 4.59. The summed E-state index contributed by atoms with van der Waals surface area (Å²) < 4.78 is 0. The third-order valence-corrected chi connectivity index (χ3v) is 3.08. The summed E-state index contributed by atoms with van der Waals surface area (Å²) in [7, 11) is 1.76. The molecule has 0 unspecified atom stereocenters. The first-order valence-corrected chi connectivity index (χ1v) is 6.07. The van der Waals surface area contributed by atoms with Crippen LogP contribution in [0.1, 0.15) is 12.5 Å². The Hall–Kier alpha value is -1.26. The second-order valence-corrected chi connectivity index (χ2v) is 4.25. The molecule has 0 atom stereocenters. The molecule has 2 rings (SSSR count). The molecule has 5 heteroatoms. The fraction of sp³-hybridized carbons (Fsp3) is 0.462. The van der Waals surface area contributed by atoms with Gasteiger partial charge in [0.25, 0.3) is 0 Å². The normalized spacial score (nSPS) is 12.9. The molecule has 2 N–H and O–H groups in total. The lowest BCUT2D eigenvalue weighted by Gasteiger charge is -2.17. The molecular formula is C13H20ClN3O. The zero-order chi connectivity index (χ0) is 12.3. The number of halogens is 1. The van der Waals surface area contributed by atoms with Gasteiger partial charge in [0.15, 0.2) is 0 Å². The van der Waals surface area contributed by atoms with Gasteiger partial charge in [0.2, 0.25) is 5.91 Å². The molecule has 18 heavy (non-hydrogen) atoms. The van der Waals surface area contributed by atoms with Gasteiger partial charge in [-0.2, -0.15) is 0 Å². The van der Waals surface area contributed by atoms with Crippen LogP contribution in [0.2, 0.25) is 0 Å². The first-order valence-electron chi connectivity index (χ1n) is 6.07. The lowest BCUT2D eigenvalue weighted by molar-refractivity contribution is -0.115. The molecular weight excluding hydrogens is 250 g/mol.